The maximum atomic E-state index is 8.61. The second-order valence-electron chi connectivity index (χ2n) is 2.45. The number of rotatable bonds is 5. The van der Waals surface area contributed by atoms with Gasteiger partial charge in [0.25, 0.3) is 0 Å². The van der Waals surface area contributed by atoms with Crippen LogP contribution in [-0.4, -0.2) is 24.8 Å². The van der Waals surface area contributed by atoms with Crippen molar-refractivity contribution in [2.45, 2.75) is 13.3 Å². The van der Waals surface area contributed by atoms with Crippen LogP contribution in [0.4, 0.5) is 0 Å². The molecule has 0 aliphatic rings. The van der Waals surface area contributed by atoms with Gasteiger partial charge in [-0.1, -0.05) is 6.92 Å². The normalized spacial score (nSPS) is 12.5. The molecule has 2 N–H and O–H groups in total. The maximum absolute atomic E-state index is 8.61. The van der Waals surface area contributed by atoms with Crippen LogP contribution in [0.25, 0.3) is 0 Å². The van der Waals surface area contributed by atoms with E-state index in [1.807, 2.05) is 6.92 Å². The summed E-state index contributed by atoms with van der Waals surface area (Å²) < 4.78 is 0. The predicted octanol–water partition coefficient (Wildman–Crippen LogP) is 0.228. The lowest BCUT2D eigenvalue weighted by Crippen LogP contribution is -2.23. The summed E-state index contributed by atoms with van der Waals surface area (Å²) in [6.45, 7) is 3.92. The van der Waals surface area contributed by atoms with Crippen LogP contribution in [0.3, 0.4) is 0 Å². The SMILES string of the molecule is C#CCCNCC(C)CO. The summed E-state index contributed by atoms with van der Waals surface area (Å²) in [5.41, 5.74) is 0. The van der Waals surface area contributed by atoms with Crippen molar-refractivity contribution in [3.05, 3.63) is 0 Å². The van der Waals surface area contributed by atoms with Crippen LogP contribution >= 0.6 is 0 Å². The standard InChI is InChI=1S/C8H15NO/c1-3-4-5-9-6-8(2)7-10/h1,8-10H,4-7H2,2H3. The molecule has 0 aromatic carbocycles. The average molecular weight is 141 g/mol. The van der Waals surface area contributed by atoms with Gasteiger partial charge in [0.2, 0.25) is 0 Å². The lowest BCUT2D eigenvalue weighted by Gasteiger charge is -2.07. The van der Waals surface area contributed by atoms with Crippen LogP contribution in [0.1, 0.15) is 13.3 Å². The Morgan fingerprint density at radius 2 is 2.40 bits per heavy atom. The fraction of sp³-hybridized carbons (Fsp3) is 0.750. The number of terminal acetylenes is 1. The van der Waals surface area contributed by atoms with E-state index >= 15 is 0 Å². The summed E-state index contributed by atoms with van der Waals surface area (Å²) in [6, 6.07) is 0. The highest BCUT2D eigenvalue weighted by Crippen LogP contribution is 1.87. The van der Waals surface area contributed by atoms with Crippen molar-refractivity contribution in [2.75, 3.05) is 19.7 Å². The van der Waals surface area contributed by atoms with Crippen molar-refractivity contribution in [3.8, 4) is 12.3 Å². The molecule has 0 heterocycles. The molecule has 2 heteroatoms. The molecule has 0 amide bonds. The molecule has 10 heavy (non-hydrogen) atoms. The van der Waals surface area contributed by atoms with E-state index in [1.54, 1.807) is 0 Å². The Hall–Kier alpha value is -0.520. The lowest BCUT2D eigenvalue weighted by atomic mass is 10.2. The zero-order valence-corrected chi connectivity index (χ0v) is 6.43. The van der Waals surface area contributed by atoms with Gasteiger partial charge < -0.3 is 10.4 Å². The molecular weight excluding hydrogens is 126 g/mol. The van der Waals surface area contributed by atoms with Crippen LogP contribution in [0, 0.1) is 18.3 Å². The summed E-state index contributed by atoms with van der Waals surface area (Å²) in [7, 11) is 0. The van der Waals surface area contributed by atoms with E-state index in [0.29, 0.717) is 5.92 Å². The van der Waals surface area contributed by atoms with Gasteiger partial charge in [-0.15, -0.1) is 12.3 Å². The van der Waals surface area contributed by atoms with E-state index in [1.165, 1.54) is 0 Å². The molecule has 0 aromatic heterocycles. The van der Waals surface area contributed by atoms with E-state index in [0.717, 1.165) is 19.5 Å². The molecule has 0 rings (SSSR count). The zero-order chi connectivity index (χ0) is 7.82. The van der Waals surface area contributed by atoms with Gasteiger partial charge in [-0.3, -0.25) is 0 Å². The van der Waals surface area contributed by atoms with Gasteiger partial charge in [0, 0.05) is 19.6 Å². The molecule has 2 nitrogen and oxygen atoms in total. The fourth-order valence-corrected chi connectivity index (χ4v) is 0.574. The van der Waals surface area contributed by atoms with Crippen molar-refractivity contribution in [1.29, 1.82) is 0 Å². The quantitative estimate of drug-likeness (QED) is 0.424. The Morgan fingerprint density at radius 3 is 2.90 bits per heavy atom. The molecule has 58 valence electrons. The van der Waals surface area contributed by atoms with E-state index in [9.17, 15) is 0 Å². The van der Waals surface area contributed by atoms with Crippen molar-refractivity contribution >= 4 is 0 Å². The molecular formula is C8H15NO. The summed E-state index contributed by atoms with van der Waals surface area (Å²) in [5.74, 6) is 2.87. The first-order valence-corrected chi connectivity index (χ1v) is 3.56. The van der Waals surface area contributed by atoms with E-state index < -0.39 is 0 Å². The third-order valence-electron chi connectivity index (χ3n) is 1.25. The summed E-state index contributed by atoms with van der Waals surface area (Å²) >= 11 is 0. The average Bonchev–Trinajstić information content (AvgIpc) is 1.98. The Kier molecular flexibility index (Phi) is 6.25. The van der Waals surface area contributed by atoms with Crippen LogP contribution in [0.2, 0.25) is 0 Å². The van der Waals surface area contributed by atoms with E-state index in [2.05, 4.69) is 11.2 Å². The van der Waals surface area contributed by atoms with Gasteiger partial charge in [-0.25, -0.2) is 0 Å². The van der Waals surface area contributed by atoms with Gasteiger partial charge in [0.05, 0.1) is 0 Å². The third kappa shape index (κ3) is 5.61. The van der Waals surface area contributed by atoms with Crippen molar-refractivity contribution in [3.63, 3.8) is 0 Å². The van der Waals surface area contributed by atoms with Crippen LogP contribution in [-0.2, 0) is 0 Å². The summed E-state index contributed by atoms with van der Waals surface area (Å²) in [4.78, 5) is 0. The molecule has 0 saturated heterocycles. The highest BCUT2D eigenvalue weighted by molar-refractivity contribution is 4.84. The molecule has 0 fully saturated rings. The minimum Gasteiger partial charge on any atom is -0.396 e. The summed E-state index contributed by atoms with van der Waals surface area (Å²) in [6.07, 6.45) is 5.80. The molecule has 1 atom stereocenters. The topological polar surface area (TPSA) is 32.3 Å². The molecule has 0 aliphatic carbocycles. The first kappa shape index (κ1) is 9.48. The van der Waals surface area contributed by atoms with Crippen LogP contribution in [0.15, 0.2) is 0 Å². The van der Waals surface area contributed by atoms with Gasteiger partial charge in [-0.2, -0.15) is 0 Å². The number of aliphatic hydroxyl groups is 1. The van der Waals surface area contributed by atoms with Crippen LogP contribution in [0.5, 0.6) is 0 Å². The number of nitrogens with one attached hydrogen (secondary N) is 1. The molecule has 0 bridgehead atoms. The first-order valence-electron chi connectivity index (χ1n) is 3.56. The Balaban J connectivity index is 2.98. The second-order valence-corrected chi connectivity index (χ2v) is 2.45. The van der Waals surface area contributed by atoms with Gasteiger partial charge >= 0.3 is 0 Å². The summed E-state index contributed by atoms with van der Waals surface area (Å²) in [5, 5.41) is 11.7. The third-order valence-corrected chi connectivity index (χ3v) is 1.25. The number of aliphatic hydroxyl groups excluding tert-OH is 1. The molecule has 0 aromatic rings. The minimum absolute atomic E-state index is 0.239. The van der Waals surface area contributed by atoms with Crippen molar-refractivity contribution in [2.24, 2.45) is 5.92 Å². The highest BCUT2D eigenvalue weighted by Gasteiger charge is 1.96. The van der Waals surface area contributed by atoms with Gasteiger partial charge in [0.1, 0.15) is 0 Å². The number of hydrogen-bond donors (Lipinski definition) is 2. The Morgan fingerprint density at radius 1 is 1.70 bits per heavy atom. The second kappa shape index (κ2) is 6.60. The van der Waals surface area contributed by atoms with E-state index in [4.69, 9.17) is 11.5 Å². The van der Waals surface area contributed by atoms with E-state index in [-0.39, 0.29) is 6.61 Å². The monoisotopic (exact) mass is 141 g/mol. The Bertz CT molecular complexity index is 106. The predicted molar refractivity (Wildman–Crippen MR) is 42.6 cm³/mol. The van der Waals surface area contributed by atoms with Gasteiger partial charge in [-0.05, 0) is 12.5 Å². The molecule has 0 saturated carbocycles. The zero-order valence-electron chi connectivity index (χ0n) is 6.43. The molecule has 0 aliphatic heterocycles. The molecule has 1 unspecified atom stereocenters. The largest absolute Gasteiger partial charge is 0.396 e. The van der Waals surface area contributed by atoms with Crippen molar-refractivity contribution < 1.29 is 5.11 Å². The molecule has 0 radical (unpaired) electrons. The van der Waals surface area contributed by atoms with Gasteiger partial charge in [0.15, 0.2) is 0 Å². The highest BCUT2D eigenvalue weighted by atomic mass is 16.3. The van der Waals surface area contributed by atoms with Crippen molar-refractivity contribution in [1.82, 2.24) is 5.32 Å². The maximum Gasteiger partial charge on any atom is 0.0468 e. The Labute approximate surface area is 62.6 Å². The van der Waals surface area contributed by atoms with Crippen LogP contribution < -0.4 is 5.32 Å². The number of hydrogen-bond acceptors (Lipinski definition) is 2. The smallest absolute Gasteiger partial charge is 0.0468 e. The fourth-order valence-electron chi connectivity index (χ4n) is 0.574. The lowest BCUT2D eigenvalue weighted by molar-refractivity contribution is 0.234. The first-order chi connectivity index (χ1) is 4.81. The molecule has 0 spiro atoms. The minimum atomic E-state index is 0.239.